The minimum absolute atomic E-state index is 0.357. The van der Waals surface area contributed by atoms with Crippen molar-refractivity contribution in [1.29, 1.82) is 0 Å². The molecule has 1 heterocycles. The molecule has 0 spiro atoms. The number of nitrogens with zero attached hydrogens (tertiary/aromatic N) is 2. The molecule has 6 heteroatoms. The number of nitrogens with one attached hydrogen (secondary N) is 1. The predicted octanol–water partition coefficient (Wildman–Crippen LogP) is 1.10. The van der Waals surface area contributed by atoms with E-state index in [2.05, 4.69) is 10.4 Å². The molecule has 0 radical (unpaired) electrons. The summed E-state index contributed by atoms with van der Waals surface area (Å²) in [5.74, 6) is -1.45. The van der Waals surface area contributed by atoms with Gasteiger partial charge in [0.1, 0.15) is 11.2 Å². The number of carbonyl (C=O) groups excluding carboxylic acids is 1. The Labute approximate surface area is 106 Å². The van der Waals surface area contributed by atoms with Gasteiger partial charge >= 0.3 is 5.97 Å². The molecule has 1 unspecified atom stereocenters. The lowest BCUT2D eigenvalue weighted by Crippen LogP contribution is -2.52. The lowest BCUT2D eigenvalue weighted by Gasteiger charge is -2.25. The Morgan fingerprint density at radius 1 is 1.56 bits per heavy atom. The van der Waals surface area contributed by atoms with Crippen LogP contribution in [0.4, 0.5) is 0 Å². The average molecular weight is 253 g/mol. The van der Waals surface area contributed by atoms with Gasteiger partial charge in [0.25, 0.3) is 5.91 Å². The van der Waals surface area contributed by atoms with E-state index in [-0.39, 0.29) is 0 Å². The third kappa shape index (κ3) is 2.88. The number of aryl methyl sites for hydroxylation is 2. The number of carbonyl (C=O) groups is 2. The smallest absolute Gasteiger partial charge is 0.329 e. The highest BCUT2D eigenvalue weighted by Gasteiger charge is 2.34. The van der Waals surface area contributed by atoms with Crippen molar-refractivity contribution < 1.29 is 14.7 Å². The van der Waals surface area contributed by atoms with E-state index < -0.39 is 17.4 Å². The van der Waals surface area contributed by atoms with Gasteiger partial charge in [-0.25, -0.2) is 4.79 Å². The summed E-state index contributed by atoms with van der Waals surface area (Å²) in [5.41, 5.74) is -0.171. The van der Waals surface area contributed by atoms with Crippen LogP contribution in [0.2, 0.25) is 0 Å². The van der Waals surface area contributed by atoms with Crippen LogP contribution in [0.25, 0.3) is 0 Å². The van der Waals surface area contributed by atoms with Crippen molar-refractivity contribution in [2.75, 3.05) is 0 Å². The molecule has 1 rings (SSSR count). The number of carboxylic acids is 1. The average Bonchev–Trinajstić information content (AvgIpc) is 2.57. The first-order valence-electron chi connectivity index (χ1n) is 5.86. The molecule has 100 valence electrons. The fourth-order valence-electron chi connectivity index (χ4n) is 1.86. The first kappa shape index (κ1) is 14.2. The first-order chi connectivity index (χ1) is 8.30. The van der Waals surface area contributed by atoms with E-state index in [0.29, 0.717) is 18.5 Å². The molecular weight excluding hydrogens is 234 g/mol. The van der Waals surface area contributed by atoms with Gasteiger partial charge in [0.05, 0.1) is 5.69 Å². The number of amides is 1. The SMILES string of the molecule is CCCC(C)(NC(=O)c1cc(C)nn1C)C(=O)O. The zero-order chi connectivity index (χ0) is 13.9. The second kappa shape index (κ2) is 5.20. The van der Waals surface area contributed by atoms with E-state index in [1.165, 1.54) is 11.6 Å². The lowest BCUT2D eigenvalue weighted by molar-refractivity contribution is -0.144. The van der Waals surface area contributed by atoms with Gasteiger partial charge in [-0.3, -0.25) is 9.48 Å². The van der Waals surface area contributed by atoms with Gasteiger partial charge < -0.3 is 10.4 Å². The summed E-state index contributed by atoms with van der Waals surface area (Å²) in [5, 5.41) is 15.8. The highest BCUT2D eigenvalue weighted by molar-refractivity contribution is 5.96. The van der Waals surface area contributed by atoms with Crippen LogP contribution in [-0.2, 0) is 11.8 Å². The molecule has 1 amide bonds. The highest BCUT2D eigenvalue weighted by atomic mass is 16.4. The Morgan fingerprint density at radius 2 is 2.17 bits per heavy atom. The third-order valence-electron chi connectivity index (χ3n) is 2.85. The van der Waals surface area contributed by atoms with Crippen LogP contribution in [0.3, 0.4) is 0 Å². The van der Waals surface area contributed by atoms with E-state index >= 15 is 0 Å². The molecule has 0 aliphatic carbocycles. The zero-order valence-electron chi connectivity index (χ0n) is 11.1. The van der Waals surface area contributed by atoms with Crippen molar-refractivity contribution in [2.45, 2.75) is 39.2 Å². The maximum Gasteiger partial charge on any atom is 0.329 e. The molecule has 1 aromatic rings. The Hall–Kier alpha value is -1.85. The monoisotopic (exact) mass is 253 g/mol. The molecule has 0 aromatic carbocycles. The quantitative estimate of drug-likeness (QED) is 0.823. The Balaban J connectivity index is 2.92. The topological polar surface area (TPSA) is 84.2 Å². The molecule has 1 aromatic heterocycles. The third-order valence-corrected chi connectivity index (χ3v) is 2.85. The maximum atomic E-state index is 12.0. The van der Waals surface area contributed by atoms with Gasteiger partial charge in [-0.15, -0.1) is 0 Å². The summed E-state index contributed by atoms with van der Waals surface area (Å²) >= 11 is 0. The Kier molecular flexibility index (Phi) is 4.11. The van der Waals surface area contributed by atoms with E-state index in [4.69, 9.17) is 0 Å². The second-order valence-corrected chi connectivity index (χ2v) is 4.64. The van der Waals surface area contributed by atoms with E-state index in [1.54, 1.807) is 20.0 Å². The Bertz CT molecular complexity index is 467. The van der Waals surface area contributed by atoms with E-state index in [1.807, 2.05) is 6.92 Å². The fraction of sp³-hybridized carbons (Fsp3) is 0.583. The van der Waals surface area contributed by atoms with Crippen molar-refractivity contribution in [3.63, 3.8) is 0 Å². The summed E-state index contributed by atoms with van der Waals surface area (Å²) < 4.78 is 1.44. The first-order valence-corrected chi connectivity index (χ1v) is 5.86. The predicted molar refractivity (Wildman–Crippen MR) is 66.4 cm³/mol. The summed E-state index contributed by atoms with van der Waals surface area (Å²) in [7, 11) is 1.65. The van der Waals surface area contributed by atoms with Crippen LogP contribution < -0.4 is 5.32 Å². The summed E-state index contributed by atoms with van der Waals surface area (Å²) in [4.78, 5) is 23.3. The van der Waals surface area contributed by atoms with Gasteiger partial charge in [-0.2, -0.15) is 5.10 Å². The van der Waals surface area contributed by atoms with Crippen LogP contribution in [0.5, 0.6) is 0 Å². The minimum atomic E-state index is -1.25. The van der Waals surface area contributed by atoms with Crippen molar-refractivity contribution >= 4 is 11.9 Å². The van der Waals surface area contributed by atoms with Crippen LogP contribution in [0, 0.1) is 6.92 Å². The molecule has 18 heavy (non-hydrogen) atoms. The fourth-order valence-corrected chi connectivity index (χ4v) is 1.86. The molecule has 0 fully saturated rings. The van der Waals surface area contributed by atoms with Crippen LogP contribution >= 0.6 is 0 Å². The number of aliphatic carboxylic acids is 1. The van der Waals surface area contributed by atoms with Crippen LogP contribution in [-0.4, -0.2) is 32.3 Å². The van der Waals surface area contributed by atoms with Gasteiger partial charge in [-0.05, 0) is 26.3 Å². The molecule has 0 saturated heterocycles. The van der Waals surface area contributed by atoms with Crippen molar-refractivity contribution in [3.8, 4) is 0 Å². The summed E-state index contributed by atoms with van der Waals surface area (Å²) in [6, 6.07) is 1.63. The van der Waals surface area contributed by atoms with Gasteiger partial charge in [0, 0.05) is 7.05 Å². The van der Waals surface area contributed by atoms with Gasteiger partial charge in [0.15, 0.2) is 0 Å². The molecule has 1 atom stereocenters. The van der Waals surface area contributed by atoms with Crippen molar-refractivity contribution in [1.82, 2.24) is 15.1 Å². The molecule has 0 saturated carbocycles. The number of hydrogen-bond donors (Lipinski definition) is 2. The molecule has 0 aliphatic heterocycles. The normalized spacial score (nSPS) is 14.0. The van der Waals surface area contributed by atoms with Crippen molar-refractivity contribution in [3.05, 3.63) is 17.5 Å². The zero-order valence-corrected chi connectivity index (χ0v) is 11.1. The number of rotatable bonds is 5. The molecular formula is C12H19N3O3. The summed E-state index contributed by atoms with van der Waals surface area (Å²) in [6.07, 6.45) is 1.05. The summed E-state index contributed by atoms with van der Waals surface area (Å²) in [6.45, 7) is 5.17. The Morgan fingerprint density at radius 3 is 2.56 bits per heavy atom. The van der Waals surface area contributed by atoms with Gasteiger partial charge in [0.2, 0.25) is 0 Å². The van der Waals surface area contributed by atoms with E-state index in [0.717, 1.165) is 5.69 Å². The largest absolute Gasteiger partial charge is 0.480 e. The number of aromatic nitrogens is 2. The molecule has 0 aliphatic rings. The minimum Gasteiger partial charge on any atom is -0.480 e. The highest BCUT2D eigenvalue weighted by Crippen LogP contribution is 2.14. The lowest BCUT2D eigenvalue weighted by atomic mass is 9.96. The van der Waals surface area contributed by atoms with Crippen LogP contribution in [0.15, 0.2) is 6.07 Å². The number of carboxylic acid groups (broad SMARTS) is 1. The van der Waals surface area contributed by atoms with Gasteiger partial charge in [-0.1, -0.05) is 13.3 Å². The maximum absolute atomic E-state index is 12.0. The second-order valence-electron chi connectivity index (χ2n) is 4.64. The van der Waals surface area contributed by atoms with Crippen LogP contribution in [0.1, 0.15) is 42.9 Å². The van der Waals surface area contributed by atoms with Crippen molar-refractivity contribution in [2.24, 2.45) is 7.05 Å². The molecule has 6 nitrogen and oxygen atoms in total. The molecule has 0 bridgehead atoms. The number of hydrogen-bond acceptors (Lipinski definition) is 3. The molecule has 2 N–H and O–H groups in total. The standard InChI is InChI=1S/C12H19N3O3/c1-5-6-12(3,11(17)18)13-10(16)9-7-8(2)14-15(9)4/h7H,5-6H2,1-4H3,(H,13,16)(H,17,18). The van der Waals surface area contributed by atoms with E-state index in [9.17, 15) is 14.7 Å².